The molecule has 1 atom stereocenters. The summed E-state index contributed by atoms with van der Waals surface area (Å²) in [6.45, 7) is 0. The Hall–Kier alpha value is -2.92. The first-order valence-corrected chi connectivity index (χ1v) is 7.76. The molecule has 2 aromatic carbocycles. The molecule has 0 fully saturated rings. The van der Waals surface area contributed by atoms with Crippen LogP contribution in [-0.4, -0.2) is 26.7 Å². The van der Waals surface area contributed by atoms with Crippen LogP contribution in [0.1, 0.15) is 22.9 Å². The van der Waals surface area contributed by atoms with Crippen molar-refractivity contribution in [3.8, 4) is 0 Å². The quantitative estimate of drug-likeness (QED) is 0.731. The van der Waals surface area contributed by atoms with Crippen LogP contribution in [0.3, 0.4) is 0 Å². The molecular formula is C19H19N3O2. The van der Waals surface area contributed by atoms with E-state index in [2.05, 4.69) is 29.2 Å². The molecule has 0 bridgehead atoms. The van der Waals surface area contributed by atoms with Gasteiger partial charge in [0.1, 0.15) is 6.04 Å². The van der Waals surface area contributed by atoms with Crippen LogP contribution in [0.4, 0.5) is 0 Å². The molecule has 0 aliphatic rings. The van der Waals surface area contributed by atoms with Crippen molar-refractivity contribution in [3.05, 3.63) is 90.0 Å². The Bertz CT molecular complexity index is 760. The number of hydrogen-bond donors (Lipinski definition) is 2. The van der Waals surface area contributed by atoms with Crippen LogP contribution in [0.15, 0.2) is 73.2 Å². The second-order valence-corrected chi connectivity index (χ2v) is 5.68. The lowest BCUT2D eigenvalue weighted by atomic mass is 9.98. The summed E-state index contributed by atoms with van der Waals surface area (Å²) in [7, 11) is 0. The normalized spacial score (nSPS) is 12.2. The first-order valence-electron chi connectivity index (χ1n) is 7.76. The second-order valence-electron chi connectivity index (χ2n) is 5.68. The summed E-state index contributed by atoms with van der Waals surface area (Å²) in [4.78, 5) is 15.3. The number of benzene rings is 2. The third kappa shape index (κ3) is 3.52. The molecule has 1 aromatic heterocycles. The van der Waals surface area contributed by atoms with Crippen molar-refractivity contribution in [2.45, 2.75) is 18.5 Å². The average molecular weight is 321 g/mol. The number of carboxylic acid groups (broad SMARTS) is 1. The Morgan fingerprint density at radius 3 is 2.08 bits per heavy atom. The predicted octanol–water partition coefficient (Wildman–Crippen LogP) is 2.48. The van der Waals surface area contributed by atoms with Crippen LogP contribution in [0.2, 0.25) is 0 Å². The lowest BCUT2D eigenvalue weighted by Gasteiger charge is -2.19. The summed E-state index contributed by atoms with van der Waals surface area (Å²) in [5.74, 6) is -1.02. The topological polar surface area (TPSA) is 81.1 Å². The van der Waals surface area contributed by atoms with Gasteiger partial charge in [0.2, 0.25) is 0 Å². The zero-order valence-electron chi connectivity index (χ0n) is 13.1. The highest BCUT2D eigenvalue weighted by molar-refractivity contribution is 5.73. The zero-order valence-corrected chi connectivity index (χ0v) is 13.1. The molecule has 0 saturated carbocycles. The molecule has 1 heterocycles. The molecule has 5 nitrogen and oxygen atoms in total. The van der Waals surface area contributed by atoms with Crippen LogP contribution >= 0.6 is 0 Å². The molecule has 3 N–H and O–H groups in total. The molecule has 5 heteroatoms. The zero-order chi connectivity index (χ0) is 16.9. The van der Waals surface area contributed by atoms with E-state index in [9.17, 15) is 4.79 Å². The second kappa shape index (κ2) is 7.10. The van der Waals surface area contributed by atoms with Gasteiger partial charge in [0.05, 0.1) is 18.1 Å². The molecular weight excluding hydrogens is 302 g/mol. The highest BCUT2D eigenvalue weighted by Gasteiger charge is 2.18. The number of nitrogens with zero attached hydrogens (tertiary/aromatic N) is 2. The van der Waals surface area contributed by atoms with E-state index in [-0.39, 0.29) is 12.5 Å². The highest BCUT2D eigenvalue weighted by atomic mass is 16.4. The number of rotatable bonds is 6. The molecule has 3 rings (SSSR count). The summed E-state index contributed by atoms with van der Waals surface area (Å²) >= 11 is 0. The van der Waals surface area contributed by atoms with E-state index in [0.717, 1.165) is 11.1 Å². The van der Waals surface area contributed by atoms with Crippen molar-refractivity contribution in [3.63, 3.8) is 0 Å². The smallest absolute Gasteiger partial charge is 0.320 e. The minimum Gasteiger partial charge on any atom is -0.480 e. The number of imidazole rings is 1. The first-order chi connectivity index (χ1) is 11.6. The van der Waals surface area contributed by atoms with Crippen LogP contribution in [0.25, 0.3) is 0 Å². The monoisotopic (exact) mass is 321 g/mol. The number of aliphatic carboxylic acids is 1. The molecule has 0 saturated heterocycles. The predicted molar refractivity (Wildman–Crippen MR) is 91.7 cm³/mol. The summed E-state index contributed by atoms with van der Waals surface area (Å²) in [6, 6.07) is 19.3. The van der Waals surface area contributed by atoms with Gasteiger partial charge in [0.25, 0.3) is 0 Å². The first kappa shape index (κ1) is 16.0. The molecule has 3 aromatic rings. The van der Waals surface area contributed by atoms with Gasteiger partial charge in [-0.1, -0.05) is 60.7 Å². The lowest BCUT2D eigenvalue weighted by molar-refractivity contribution is -0.138. The number of carbonyl (C=O) groups is 1. The van der Waals surface area contributed by atoms with Crippen LogP contribution in [0, 0.1) is 0 Å². The van der Waals surface area contributed by atoms with Gasteiger partial charge in [-0.2, -0.15) is 0 Å². The fourth-order valence-electron chi connectivity index (χ4n) is 2.75. The minimum absolute atomic E-state index is 0.0188. The Morgan fingerprint density at radius 2 is 1.58 bits per heavy atom. The largest absolute Gasteiger partial charge is 0.480 e. The fourth-order valence-corrected chi connectivity index (χ4v) is 2.75. The van der Waals surface area contributed by atoms with Gasteiger partial charge in [-0.3, -0.25) is 4.79 Å². The number of hydrogen-bond acceptors (Lipinski definition) is 3. The van der Waals surface area contributed by atoms with Gasteiger partial charge in [-0.05, 0) is 11.1 Å². The van der Waals surface area contributed by atoms with Gasteiger partial charge >= 0.3 is 5.97 Å². The molecule has 0 spiro atoms. The van der Waals surface area contributed by atoms with E-state index in [1.165, 1.54) is 0 Å². The average Bonchev–Trinajstić information content (AvgIpc) is 3.05. The van der Waals surface area contributed by atoms with Crippen molar-refractivity contribution in [1.29, 1.82) is 0 Å². The molecule has 0 aliphatic carbocycles. The highest BCUT2D eigenvalue weighted by Crippen LogP contribution is 2.26. The number of nitrogens with two attached hydrogens (primary N) is 1. The van der Waals surface area contributed by atoms with Gasteiger partial charge in [0.15, 0.2) is 0 Å². The van der Waals surface area contributed by atoms with E-state index < -0.39 is 12.0 Å². The lowest BCUT2D eigenvalue weighted by Crippen LogP contribution is -2.32. The van der Waals surface area contributed by atoms with Crippen molar-refractivity contribution >= 4 is 5.97 Å². The van der Waals surface area contributed by atoms with Crippen molar-refractivity contribution in [1.82, 2.24) is 9.55 Å². The number of aromatic nitrogens is 2. The van der Waals surface area contributed by atoms with E-state index in [1.54, 1.807) is 6.33 Å². The molecule has 0 unspecified atom stereocenters. The van der Waals surface area contributed by atoms with Gasteiger partial charge in [-0.25, -0.2) is 4.98 Å². The summed E-state index contributed by atoms with van der Waals surface area (Å²) in [6.07, 6.45) is 3.81. The van der Waals surface area contributed by atoms with E-state index in [4.69, 9.17) is 10.8 Å². The SMILES string of the molecule is N[C@@H](Cc1cn(C(c2ccccc2)c2ccccc2)cn1)C(=O)O. The van der Waals surface area contributed by atoms with Gasteiger partial charge in [-0.15, -0.1) is 0 Å². The molecule has 0 amide bonds. The molecule has 0 aliphatic heterocycles. The summed E-state index contributed by atoms with van der Waals surface area (Å²) < 4.78 is 1.99. The Balaban J connectivity index is 1.95. The maximum atomic E-state index is 10.9. The van der Waals surface area contributed by atoms with Gasteiger partial charge < -0.3 is 15.4 Å². The van der Waals surface area contributed by atoms with E-state index in [0.29, 0.717) is 5.69 Å². The van der Waals surface area contributed by atoms with Crippen LogP contribution < -0.4 is 5.73 Å². The molecule has 0 radical (unpaired) electrons. The Morgan fingerprint density at radius 1 is 1.04 bits per heavy atom. The maximum absolute atomic E-state index is 10.9. The van der Waals surface area contributed by atoms with Crippen molar-refractivity contribution in [2.75, 3.05) is 0 Å². The summed E-state index contributed by atoms with van der Waals surface area (Å²) in [5, 5.41) is 8.96. The van der Waals surface area contributed by atoms with Crippen LogP contribution in [0.5, 0.6) is 0 Å². The van der Waals surface area contributed by atoms with Crippen LogP contribution in [-0.2, 0) is 11.2 Å². The third-order valence-electron chi connectivity index (χ3n) is 3.93. The number of carboxylic acids is 1. The molecule has 24 heavy (non-hydrogen) atoms. The maximum Gasteiger partial charge on any atom is 0.320 e. The minimum atomic E-state index is -1.02. The fraction of sp³-hybridized carbons (Fsp3) is 0.158. The standard InChI is InChI=1S/C19H19N3O2/c20-17(19(23)24)11-16-12-22(13-21-16)18(14-7-3-1-4-8-14)15-9-5-2-6-10-15/h1-10,12-13,17-18H,11,20H2,(H,23,24)/t17-/m0/s1. The summed E-state index contributed by atoms with van der Waals surface area (Å²) in [5.41, 5.74) is 8.54. The van der Waals surface area contributed by atoms with Gasteiger partial charge in [0, 0.05) is 12.6 Å². The Labute approximate surface area is 140 Å². The Kier molecular flexibility index (Phi) is 4.72. The third-order valence-corrected chi connectivity index (χ3v) is 3.93. The molecule has 122 valence electrons. The van der Waals surface area contributed by atoms with Crippen molar-refractivity contribution < 1.29 is 9.90 Å². The van der Waals surface area contributed by atoms with E-state index in [1.807, 2.05) is 47.2 Å². The van der Waals surface area contributed by atoms with Crippen molar-refractivity contribution in [2.24, 2.45) is 5.73 Å². The van der Waals surface area contributed by atoms with E-state index >= 15 is 0 Å².